The maximum absolute atomic E-state index is 13.1. The molecule has 0 aliphatic rings. The second-order valence-electron chi connectivity index (χ2n) is 7.44. The lowest BCUT2D eigenvalue weighted by Gasteiger charge is -2.14. The third-order valence-electron chi connectivity index (χ3n) is 5.04. The number of ketones is 1. The molecule has 154 valence electrons. The minimum absolute atomic E-state index is 0.181. The number of para-hydroxylation sites is 1. The molecule has 0 spiro atoms. The zero-order valence-electron chi connectivity index (χ0n) is 17.4. The minimum atomic E-state index is -0.690. The molecule has 2 atom stereocenters. The number of carbonyl (C=O) groups excluding carboxylic acids is 2. The number of anilines is 1. The number of aryl methyl sites for hydroxylation is 1. The maximum atomic E-state index is 13.1. The molecule has 0 saturated carbocycles. The van der Waals surface area contributed by atoms with Crippen molar-refractivity contribution in [3.8, 4) is 0 Å². The van der Waals surface area contributed by atoms with Crippen LogP contribution in [0, 0.1) is 0 Å². The molecule has 3 aromatic rings. The summed E-state index contributed by atoms with van der Waals surface area (Å²) in [7, 11) is 1.85. The first kappa shape index (κ1) is 21.2. The third kappa shape index (κ3) is 4.55. The van der Waals surface area contributed by atoms with Crippen LogP contribution in [0.5, 0.6) is 0 Å². The average molecular weight is 404 g/mol. The molecule has 5 N–H and O–H groups in total. The molecule has 6 nitrogen and oxygen atoms in total. The van der Waals surface area contributed by atoms with E-state index in [4.69, 9.17) is 11.5 Å². The van der Waals surface area contributed by atoms with E-state index in [0.717, 1.165) is 22.0 Å². The number of aromatic nitrogens is 1. The smallest absolute Gasteiger partial charge is 0.251 e. The number of hydrogen-bond donors (Lipinski definition) is 3. The number of fused-ring (bicyclic) bond motifs is 1. The van der Waals surface area contributed by atoms with Gasteiger partial charge in [0.15, 0.2) is 0 Å². The van der Waals surface area contributed by atoms with Crippen LogP contribution in [0.3, 0.4) is 0 Å². The van der Waals surface area contributed by atoms with Gasteiger partial charge in [0.25, 0.3) is 5.69 Å². The zero-order valence-corrected chi connectivity index (χ0v) is 17.4. The van der Waals surface area contributed by atoms with Gasteiger partial charge in [-0.05, 0) is 43.2 Å². The summed E-state index contributed by atoms with van der Waals surface area (Å²) in [6.45, 7) is 3.25. The Labute approximate surface area is 176 Å². The first-order valence-electron chi connectivity index (χ1n) is 9.83. The molecule has 0 aliphatic heterocycles. The normalized spacial score (nSPS) is 13.3. The summed E-state index contributed by atoms with van der Waals surface area (Å²) < 4.78 is 1.85. The second kappa shape index (κ2) is 8.88. The minimum Gasteiger partial charge on any atom is -0.399 e. The molecule has 0 fully saturated rings. The van der Waals surface area contributed by atoms with E-state index < -0.39 is 12.1 Å². The number of amides is 1. The van der Waals surface area contributed by atoms with Crippen LogP contribution in [0.2, 0.25) is 0 Å². The highest BCUT2D eigenvalue weighted by molar-refractivity contribution is 6.02. The topological polar surface area (TPSA) is 102 Å². The highest BCUT2D eigenvalue weighted by Gasteiger charge is 2.27. The van der Waals surface area contributed by atoms with Crippen molar-refractivity contribution in [2.24, 2.45) is 12.8 Å². The largest absolute Gasteiger partial charge is 0.399 e. The SMILES string of the molecule is CC(N)C(=O)NC(C)C(=O)c1cc(C=Cc2ccc(N)cc2)c2ccccc2[n+]1C. The molecule has 1 aromatic heterocycles. The fourth-order valence-electron chi connectivity index (χ4n) is 3.26. The number of benzene rings is 2. The summed E-state index contributed by atoms with van der Waals surface area (Å²) in [6.07, 6.45) is 3.96. The molecule has 3 rings (SSSR count). The van der Waals surface area contributed by atoms with Crippen LogP contribution in [-0.2, 0) is 11.8 Å². The standard InChI is InChI=1S/C24H26N4O2/c1-15(25)24(30)27-16(2)23(29)22-14-18(11-8-17-9-12-19(26)13-10-17)20-6-4-5-7-21(20)28(22)3/h4-16,26H,25H2,1-3H3,(H,27,30)/p+1. The first-order chi connectivity index (χ1) is 14.3. The molecular formula is C24H27N4O2+. The molecule has 2 aromatic carbocycles. The van der Waals surface area contributed by atoms with Gasteiger partial charge in [0.1, 0.15) is 7.05 Å². The monoisotopic (exact) mass is 403 g/mol. The van der Waals surface area contributed by atoms with E-state index in [0.29, 0.717) is 11.4 Å². The number of Topliss-reactive ketones (excluding diaryl/α,β-unsaturated/α-hetero) is 1. The second-order valence-corrected chi connectivity index (χ2v) is 7.44. The van der Waals surface area contributed by atoms with Crippen LogP contribution in [0.15, 0.2) is 54.6 Å². The van der Waals surface area contributed by atoms with E-state index in [1.807, 2.05) is 78.4 Å². The molecule has 0 radical (unpaired) electrons. The summed E-state index contributed by atoms with van der Waals surface area (Å²) in [6, 6.07) is 16.0. The zero-order chi connectivity index (χ0) is 21.8. The van der Waals surface area contributed by atoms with Gasteiger partial charge in [0, 0.05) is 17.8 Å². The molecule has 1 amide bonds. The van der Waals surface area contributed by atoms with Crippen LogP contribution in [0.1, 0.15) is 35.5 Å². The average Bonchev–Trinajstić information content (AvgIpc) is 2.74. The van der Waals surface area contributed by atoms with Crippen molar-refractivity contribution in [2.75, 3.05) is 5.73 Å². The highest BCUT2D eigenvalue weighted by atomic mass is 16.2. The van der Waals surface area contributed by atoms with Gasteiger partial charge in [-0.25, -0.2) is 0 Å². The Morgan fingerprint density at radius 2 is 1.70 bits per heavy atom. The molecule has 0 bridgehead atoms. The van der Waals surface area contributed by atoms with Gasteiger partial charge in [-0.1, -0.05) is 36.4 Å². The summed E-state index contributed by atoms with van der Waals surface area (Å²) in [5, 5.41) is 3.70. The summed E-state index contributed by atoms with van der Waals surface area (Å²) in [4.78, 5) is 25.0. The van der Waals surface area contributed by atoms with Gasteiger partial charge in [0.2, 0.25) is 17.2 Å². The van der Waals surface area contributed by atoms with Crippen LogP contribution in [0.4, 0.5) is 5.69 Å². The number of nitrogens with one attached hydrogen (secondary N) is 1. The number of rotatable bonds is 6. The van der Waals surface area contributed by atoms with Crippen molar-refractivity contribution in [3.05, 3.63) is 71.4 Å². The predicted molar refractivity (Wildman–Crippen MR) is 120 cm³/mol. The van der Waals surface area contributed by atoms with Crippen LogP contribution >= 0.6 is 0 Å². The molecular weight excluding hydrogens is 376 g/mol. The van der Waals surface area contributed by atoms with Crippen LogP contribution < -0.4 is 21.4 Å². The Kier molecular flexibility index (Phi) is 6.28. The van der Waals surface area contributed by atoms with E-state index >= 15 is 0 Å². The predicted octanol–water partition coefficient (Wildman–Crippen LogP) is 2.45. The van der Waals surface area contributed by atoms with E-state index in [9.17, 15) is 9.59 Å². The summed E-state index contributed by atoms with van der Waals surface area (Å²) in [5.74, 6) is -0.540. The van der Waals surface area contributed by atoms with Gasteiger partial charge in [-0.15, -0.1) is 0 Å². The van der Waals surface area contributed by atoms with E-state index in [2.05, 4.69) is 5.32 Å². The Balaban J connectivity index is 2.03. The molecule has 1 heterocycles. The third-order valence-corrected chi connectivity index (χ3v) is 5.04. The van der Waals surface area contributed by atoms with Gasteiger partial charge in [-0.3, -0.25) is 9.59 Å². The number of nitrogens with zero attached hydrogens (tertiary/aromatic N) is 1. The quantitative estimate of drug-likeness (QED) is 0.334. The molecule has 0 saturated heterocycles. The first-order valence-corrected chi connectivity index (χ1v) is 9.83. The van der Waals surface area contributed by atoms with E-state index in [1.165, 1.54) is 0 Å². The lowest BCUT2D eigenvalue weighted by molar-refractivity contribution is -0.647. The maximum Gasteiger partial charge on any atom is 0.251 e. The van der Waals surface area contributed by atoms with Crippen LogP contribution in [-0.4, -0.2) is 23.8 Å². The van der Waals surface area contributed by atoms with Crippen molar-refractivity contribution >= 4 is 40.4 Å². The Morgan fingerprint density at radius 1 is 1.03 bits per heavy atom. The number of pyridine rings is 1. The Bertz CT molecular complexity index is 1120. The van der Waals surface area contributed by atoms with E-state index in [-0.39, 0.29) is 11.7 Å². The fraction of sp³-hybridized carbons (Fsp3) is 0.208. The van der Waals surface area contributed by atoms with Crippen molar-refractivity contribution in [2.45, 2.75) is 25.9 Å². The molecule has 6 heteroatoms. The molecule has 0 aliphatic carbocycles. The number of carbonyl (C=O) groups is 2. The Hall–Kier alpha value is -3.51. The lowest BCUT2D eigenvalue weighted by atomic mass is 10.0. The van der Waals surface area contributed by atoms with Gasteiger partial charge in [-0.2, -0.15) is 4.57 Å². The van der Waals surface area contributed by atoms with Gasteiger partial charge < -0.3 is 16.8 Å². The highest BCUT2D eigenvalue weighted by Crippen LogP contribution is 2.20. The van der Waals surface area contributed by atoms with Gasteiger partial charge >= 0.3 is 0 Å². The van der Waals surface area contributed by atoms with Crippen molar-refractivity contribution in [1.82, 2.24) is 5.32 Å². The Morgan fingerprint density at radius 3 is 2.37 bits per heavy atom. The lowest BCUT2D eigenvalue weighted by Crippen LogP contribution is -2.49. The number of nitrogen functional groups attached to an aromatic ring is 1. The number of nitrogens with two attached hydrogens (primary N) is 2. The molecule has 2 unspecified atom stereocenters. The number of hydrogen-bond acceptors (Lipinski definition) is 4. The van der Waals surface area contributed by atoms with Gasteiger partial charge in [0.05, 0.1) is 17.5 Å². The summed E-state index contributed by atoms with van der Waals surface area (Å²) in [5.41, 5.74) is 15.4. The van der Waals surface area contributed by atoms with Crippen molar-refractivity contribution < 1.29 is 14.2 Å². The van der Waals surface area contributed by atoms with Crippen molar-refractivity contribution in [3.63, 3.8) is 0 Å². The summed E-state index contributed by atoms with van der Waals surface area (Å²) >= 11 is 0. The van der Waals surface area contributed by atoms with E-state index in [1.54, 1.807) is 13.8 Å². The molecule has 30 heavy (non-hydrogen) atoms. The fourth-order valence-corrected chi connectivity index (χ4v) is 3.26. The van der Waals surface area contributed by atoms with Crippen molar-refractivity contribution in [1.29, 1.82) is 0 Å². The van der Waals surface area contributed by atoms with Crippen LogP contribution in [0.25, 0.3) is 23.1 Å².